The Morgan fingerprint density at radius 1 is 1.53 bits per heavy atom. The maximum atomic E-state index is 11.7. The van der Waals surface area contributed by atoms with E-state index < -0.39 is 5.97 Å². The molecule has 0 unspecified atom stereocenters. The molecule has 7 heteroatoms. The highest BCUT2D eigenvalue weighted by Gasteiger charge is 2.15. The number of aromatic nitrogens is 1. The van der Waals surface area contributed by atoms with Crippen molar-refractivity contribution in [2.45, 2.75) is 19.9 Å². The van der Waals surface area contributed by atoms with Crippen molar-refractivity contribution in [2.24, 2.45) is 0 Å². The topological polar surface area (TPSA) is 92.4 Å². The van der Waals surface area contributed by atoms with Gasteiger partial charge < -0.3 is 14.8 Å². The first-order chi connectivity index (χ1) is 9.06. The van der Waals surface area contributed by atoms with Gasteiger partial charge in [0.1, 0.15) is 15.6 Å². The summed E-state index contributed by atoms with van der Waals surface area (Å²) in [4.78, 5) is 26.8. The van der Waals surface area contributed by atoms with Crippen molar-refractivity contribution in [1.82, 2.24) is 10.3 Å². The Labute approximate surface area is 113 Å². The van der Waals surface area contributed by atoms with Gasteiger partial charge in [-0.05, 0) is 19.1 Å². The number of carbonyl (C=O) groups excluding carboxylic acids is 1. The molecule has 0 aliphatic carbocycles. The van der Waals surface area contributed by atoms with E-state index in [1.807, 2.05) is 0 Å². The number of nitrogens with one attached hydrogen (secondary N) is 1. The van der Waals surface area contributed by atoms with Crippen molar-refractivity contribution in [1.29, 1.82) is 0 Å². The second-order valence-corrected chi connectivity index (χ2v) is 4.94. The average Bonchev–Trinajstić information content (AvgIpc) is 2.96. The molecule has 2 aromatic heterocycles. The molecule has 100 valence electrons. The Balaban J connectivity index is 1.91. The average molecular weight is 280 g/mol. The fourth-order valence-corrected chi connectivity index (χ4v) is 2.43. The Hall–Kier alpha value is -2.15. The lowest BCUT2D eigenvalue weighted by molar-refractivity contribution is -0.120. The largest absolute Gasteiger partial charge is 0.477 e. The number of carboxylic acid groups (broad SMARTS) is 1. The first-order valence-electron chi connectivity index (χ1n) is 5.55. The van der Waals surface area contributed by atoms with Gasteiger partial charge in [0.25, 0.3) is 0 Å². The van der Waals surface area contributed by atoms with Gasteiger partial charge in [0, 0.05) is 0 Å². The first-order valence-corrected chi connectivity index (χ1v) is 6.36. The van der Waals surface area contributed by atoms with Crippen LogP contribution in [0.1, 0.15) is 26.1 Å². The van der Waals surface area contributed by atoms with Crippen molar-refractivity contribution in [3.63, 3.8) is 0 Å². The van der Waals surface area contributed by atoms with Gasteiger partial charge in [-0.1, -0.05) is 0 Å². The molecule has 19 heavy (non-hydrogen) atoms. The van der Waals surface area contributed by atoms with Crippen molar-refractivity contribution in [2.75, 3.05) is 0 Å². The van der Waals surface area contributed by atoms with E-state index in [1.165, 1.54) is 6.26 Å². The first kappa shape index (κ1) is 13.3. The summed E-state index contributed by atoms with van der Waals surface area (Å²) >= 11 is 1.02. The summed E-state index contributed by atoms with van der Waals surface area (Å²) in [5, 5.41) is 12.1. The molecule has 2 aromatic rings. The van der Waals surface area contributed by atoms with Crippen LogP contribution in [0.2, 0.25) is 0 Å². The van der Waals surface area contributed by atoms with Crippen LogP contribution in [-0.4, -0.2) is 22.0 Å². The zero-order chi connectivity index (χ0) is 13.8. The van der Waals surface area contributed by atoms with E-state index in [2.05, 4.69) is 10.3 Å². The van der Waals surface area contributed by atoms with Crippen LogP contribution < -0.4 is 5.32 Å². The highest BCUT2D eigenvalue weighted by molar-refractivity contribution is 7.13. The lowest BCUT2D eigenvalue weighted by Gasteiger charge is -2.00. The van der Waals surface area contributed by atoms with Gasteiger partial charge in [0.05, 0.1) is 24.9 Å². The molecule has 0 aliphatic heterocycles. The predicted molar refractivity (Wildman–Crippen MR) is 68.1 cm³/mol. The van der Waals surface area contributed by atoms with E-state index in [0.717, 1.165) is 11.3 Å². The van der Waals surface area contributed by atoms with E-state index in [9.17, 15) is 9.59 Å². The molecule has 0 aromatic carbocycles. The fraction of sp³-hybridized carbons (Fsp3) is 0.250. The van der Waals surface area contributed by atoms with Crippen LogP contribution in [0.3, 0.4) is 0 Å². The molecule has 6 nitrogen and oxygen atoms in total. The zero-order valence-electron chi connectivity index (χ0n) is 10.2. The predicted octanol–water partition coefficient (Wildman–Crippen LogP) is 1.60. The van der Waals surface area contributed by atoms with Crippen LogP contribution >= 0.6 is 11.3 Å². The lowest BCUT2D eigenvalue weighted by Crippen LogP contribution is -2.24. The van der Waals surface area contributed by atoms with Crippen LogP contribution in [0.5, 0.6) is 0 Å². The molecular formula is C12H12N2O4S. The van der Waals surface area contributed by atoms with Gasteiger partial charge in [0.15, 0.2) is 0 Å². The normalized spacial score (nSPS) is 10.4. The highest BCUT2D eigenvalue weighted by Crippen LogP contribution is 2.18. The van der Waals surface area contributed by atoms with Crippen molar-refractivity contribution >= 4 is 23.2 Å². The molecule has 0 bridgehead atoms. The molecular weight excluding hydrogens is 268 g/mol. The SMILES string of the molecule is Cc1nc(CC(=O)NCc2ccco2)sc1C(=O)O. The molecule has 2 rings (SSSR count). The summed E-state index contributed by atoms with van der Waals surface area (Å²) in [6.07, 6.45) is 1.60. The smallest absolute Gasteiger partial charge is 0.347 e. The quantitative estimate of drug-likeness (QED) is 0.867. The van der Waals surface area contributed by atoms with E-state index in [4.69, 9.17) is 9.52 Å². The standard InChI is InChI=1S/C12H12N2O4S/c1-7-11(12(16)17)19-10(14-7)5-9(15)13-6-8-3-2-4-18-8/h2-4H,5-6H2,1H3,(H,13,15)(H,16,17). The van der Waals surface area contributed by atoms with Gasteiger partial charge in [-0.2, -0.15) is 0 Å². The van der Waals surface area contributed by atoms with Gasteiger partial charge in [0.2, 0.25) is 5.91 Å². The maximum absolute atomic E-state index is 11.7. The molecule has 1 amide bonds. The van der Waals surface area contributed by atoms with Crippen LogP contribution in [-0.2, 0) is 17.8 Å². The molecule has 2 heterocycles. The monoisotopic (exact) mass is 280 g/mol. The number of hydrogen-bond donors (Lipinski definition) is 2. The van der Waals surface area contributed by atoms with E-state index >= 15 is 0 Å². The van der Waals surface area contributed by atoms with Gasteiger partial charge >= 0.3 is 5.97 Å². The van der Waals surface area contributed by atoms with Gasteiger partial charge in [-0.25, -0.2) is 9.78 Å². The molecule has 2 N–H and O–H groups in total. The number of rotatable bonds is 5. The summed E-state index contributed by atoms with van der Waals surface area (Å²) < 4.78 is 5.08. The number of furan rings is 1. The summed E-state index contributed by atoms with van der Waals surface area (Å²) in [6.45, 7) is 1.92. The Morgan fingerprint density at radius 2 is 2.32 bits per heavy atom. The van der Waals surface area contributed by atoms with Crippen molar-refractivity contribution in [3.05, 3.63) is 39.7 Å². The lowest BCUT2D eigenvalue weighted by atomic mass is 10.3. The molecule has 0 atom stereocenters. The Morgan fingerprint density at radius 3 is 2.89 bits per heavy atom. The molecule has 0 aliphatic rings. The number of thiazole rings is 1. The minimum Gasteiger partial charge on any atom is -0.477 e. The summed E-state index contributed by atoms with van der Waals surface area (Å²) in [6, 6.07) is 3.50. The Kier molecular flexibility index (Phi) is 3.96. The fourth-order valence-electron chi connectivity index (χ4n) is 1.53. The number of aryl methyl sites for hydroxylation is 1. The second-order valence-electron chi connectivity index (χ2n) is 3.86. The summed E-state index contributed by atoms with van der Waals surface area (Å²) in [7, 11) is 0. The molecule has 0 spiro atoms. The third kappa shape index (κ3) is 3.41. The Bertz CT molecular complexity index is 589. The number of aromatic carboxylic acids is 1. The second kappa shape index (κ2) is 5.66. The van der Waals surface area contributed by atoms with Gasteiger partial charge in [-0.3, -0.25) is 4.79 Å². The van der Waals surface area contributed by atoms with E-state index in [0.29, 0.717) is 23.0 Å². The van der Waals surface area contributed by atoms with Crippen molar-refractivity contribution in [3.8, 4) is 0 Å². The molecule has 0 radical (unpaired) electrons. The number of carboxylic acids is 1. The summed E-state index contributed by atoms with van der Waals surface area (Å²) in [5.41, 5.74) is 0.436. The minimum atomic E-state index is -1.02. The van der Waals surface area contributed by atoms with Crippen LogP contribution in [0, 0.1) is 6.92 Å². The number of hydrogen-bond acceptors (Lipinski definition) is 5. The van der Waals surface area contributed by atoms with Gasteiger partial charge in [-0.15, -0.1) is 11.3 Å². The zero-order valence-corrected chi connectivity index (χ0v) is 11.0. The molecule has 0 fully saturated rings. The van der Waals surface area contributed by atoms with Crippen LogP contribution in [0.15, 0.2) is 22.8 Å². The molecule has 0 saturated heterocycles. The van der Waals surface area contributed by atoms with Crippen molar-refractivity contribution < 1.29 is 19.1 Å². The number of nitrogens with zero attached hydrogens (tertiary/aromatic N) is 1. The third-order valence-corrected chi connectivity index (χ3v) is 3.53. The molecule has 0 saturated carbocycles. The van der Waals surface area contributed by atoms with E-state index in [1.54, 1.807) is 19.1 Å². The maximum Gasteiger partial charge on any atom is 0.347 e. The third-order valence-electron chi connectivity index (χ3n) is 2.39. The number of amides is 1. The van der Waals surface area contributed by atoms with Crippen LogP contribution in [0.25, 0.3) is 0 Å². The van der Waals surface area contributed by atoms with Crippen LogP contribution in [0.4, 0.5) is 0 Å². The minimum absolute atomic E-state index is 0.0689. The summed E-state index contributed by atoms with van der Waals surface area (Å²) in [5.74, 6) is -0.575. The van der Waals surface area contributed by atoms with E-state index in [-0.39, 0.29) is 17.2 Å². The highest BCUT2D eigenvalue weighted by atomic mass is 32.1. The number of carbonyl (C=O) groups is 2.